The van der Waals surface area contributed by atoms with E-state index >= 15 is 0 Å². The number of amides is 2. The maximum Gasteiger partial charge on any atom is 0.313 e. The minimum Gasteiger partial charge on any atom is -0.373 e. The molecule has 2 amide bonds. The van der Waals surface area contributed by atoms with Gasteiger partial charge in [0.25, 0.3) is 5.91 Å². The lowest BCUT2D eigenvalue weighted by Gasteiger charge is -2.33. The Hall–Kier alpha value is -2.67. The van der Waals surface area contributed by atoms with Crippen molar-refractivity contribution in [2.45, 2.75) is 68.4 Å². The predicted molar refractivity (Wildman–Crippen MR) is 210 cm³/mol. The molecular formula is C36H44F2I2N6O4. The van der Waals surface area contributed by atoms with Crippen LogP contribution in [0.3, 0.4) is 0 Å². The highest BCUT2D eigenvalue weighted by atomic mass is 127. The van der Waals surface area contributed by atoms with E-state index in [1.54, 1.807) is 19.2 Å². The van der Waals surface area contributed by atoms with Crippen LogP contribution < -0.4 is 16.0 Å². The number of nitrogens with one attached hydrogen (secondary N) is 3. The molecule has 0 saturated carbocycles. The van der Waals surface area contributed by atoms with Crippen molar-refractivity contribution in [3.63, 3.8) is 0 Å². The molecule has 1 aliphatic heterocycles. The van der Waals surface area contributed by atoms with Crippen molar-refractivity contribution < 1.29 is 28.0 Å². The first-order chi connectivity index (χ1) is 23.9. The number of aliphatic hydroxyl groups is 1. The average molecular weight is 917 g/mol. The minimum atomic E-state index is -3.04. The molecule has 0 bridgehead atoms. The maximum absolute atomic E-state index is 14.0. The molecule has 0 spiro atoms. The fraction of sp³-hybridized carbons (Fsp3) is 0.472. The summed E-state index contributed by atoms with van der Waals surface area (Å²) in [5.41, 5.74) is 3.34. The van der Waals surface area contributed by atoms with E-state index in [4.69, 9.17) is 4.52 Å². The van der Waals surface area contributed by atoms with Crippen molar-refractivity contribution in [2.24, 2.45) is 10.9 Å². The first-order valence-electron chi connectivity index (χ1n) is 16.9. The standard InChI is InChI=1S/C36H44F2I2N6O4/c1-4-46(19-9-16-42-33(48)31-30(40-15-17-41-31)32(47)44-29-21-24(3)50-45-29)18-8-7-14-35(34(49)43-22-36(37,38)39)27-11-6-5-10-25(27)26-20-23(2)12-13-28(26)35/h5-6,10-13,15,17,21,23,33,42,48H,4,7-9,14,16,18-20,22H2,1-3H3,(H,43,49)(H,44,45,47). The van der Waals surface area contributed by atoms with E-state index in [-0.39, 0.29) is 11.8 Å². The van der Waals surface area contributed by atoms with Gasteiger partial charge in [-0.15, -0.1) is 0 Å². The summed E-state index contributed by atoms with van der Waals surface area (Å²) in [5, 5.41) is 23.1. The molecule has 14 heteroatoms. The van der Waals surface area contributed by atoms with Crippen LogP contribution in [0.4, 0.5) is 14.6 Å². The van der Waals surface area contributed by atoms with E-state index in [9.17, 15) is 23.5 Å². The zero-order valence-corrected chi connectivity index (χ0v) is 32.8. The Bertz CT molecular complexity index is 1720. The highest BCUT2D eigenvalue weighted by Crippen LogP contribution is 2.53. The van der Waals surface area contributed by atoms with Crippen molar-refractivity contribution in [3.8, 4) is 0 Å². The molecule has 2 aromatic rings. The van der Waals surface area contributed by atoms with Crippen LogP contribution >= 0.6 is 43.3 Å². The number of fused-ring (bicyclic) bond motifs is 2. The lowest BCUT2D eigenvalue weighted by Crippen LogP contribution is -2.47. The molecule has 0 fully saturated rings. The SMILES string of the molecule is CCN(CCCCC1(C(=O)NCC(F)(F)I)C2=C(CC(C)C=C2)c2ccccc21)CCCNC(O)C1=NC=CI=C1C(=O)Nc1cc(C)on1. The molecule has 5 rings (SSSR count). The summed E-state index contributed by atoms with van der Waals surface area (Å²) in [6, 6.07) is 9.56. The summed E-state index contributed by atoms with van der Waals surface area (Å²) >= 11 is 0.294. The van der Waals surface area contributed by atoms with E-state index in [0.29, 0.717) is 39.7 Å². The number of aromatic nitrogens is 1. The van der Waals surface area contributed by atoms with Gasteiger partial charge >= 0.3 is 3.93 Å². The Labute approximate surface area is 315 Å². The van der Waals surface area contributed by atoms with Crippen LogP contribution in [-0.2, 0) is 15.0 Å². The van der Waals surface area contributed by atoms with E-state index < -0.39 is 42.8 Å². The molecule has 3 atom stereocenters. The molecule has 2 aliphatic carbocycles. The first-order valence-corrected chi connectivity index (χ1v) is 20.3. The number of nitrogens with zero attached hydrogens (tertiary/aromatic N) is 3. The van der Waals surface area contributed by atoms with Crippen LogP contribution in [0.25, 0.3) is 5.57 Å². The Morgan fingerprint density at radius 2 is 2.02 bits per heavy atom. The van der Waals surface area contributed by atoms with Crippen LogP contribution in [0.5, 0.6) is 0 Å². The number of hydrogen-bond donors (Lipinski definition) is 4. The molecule has 0 radical (unpaired) electrons. The van der Waals surface area contributed by atoms with E-state index in [2.05, 4.69) is 57.0 Å². The molecule has 50 heavy (non-hydrogen) atoms. The third-order valence-electron chi connectivity index (χ3n) is 9.16. The fourth-order valence-corrected chi connectivity index (χ4v) is 8.84. The molecule has 3 unspecified atom stereocenters. The third-order valence-corrected chi connectivity index (χ3v) is 11.9. The Balaban J connectivity index is 1.15. The van der Waals surface area contributed by atoms with Crippen molar-refractivity contribution in [1.29, 1.82) is 0 Å². The van der Waals surface area contributed by atoms with Gasteiger partial charge in [0, 0.05) is 34.9 Å². The Morgan fingerprint density at radius 1 is 1.24 bits per heavy atom. The number of anilines is 1. The molecule has 2 heterocycles. The van der Waals surface area contributed by atoms with Gasteiger partial charge in [-0.2, -0.15) is 8.78 Å². The number of hydrogen-bond acceptors (Lipinski definition) is 8. The van der Waals surface area contributed by atoms with Gasteiger partial charge in [0.1, 0.15) is 17.7 Å². The Morgan fingerprint density at radius 3 is 2.76 bits per heavy atom. The number of aliphatic hydroxyl groups excluding tert-OH is 1. The van der Waals surface area contributed by atoms with Gasteiger partial charge in [0.15, 0.2) is 5.82 Å². The number of benzene rings is 1. The van der Waals surface area contributed by atoms with Crippen LogP contribution in [0.1, 0.15) is 62.8 Å². The van der Waals surface area contributed by atoms with Gasteiger partial charge in [-0.3, -0.25) is 19.9 Å². The van der Waals surface area contributed by atoms with E-state index in [1.807, 2.05) is 28.4 Å². The lowest BCUT2D eigenvalue weighted by molar-refractivity contribution is -0.126. The summed E-state index contributed by atoms with van der Waals surface area (Å²) in [4.78, 5) is 33.5. The molecule has 1 aromatic heterocycles. The highest BCUT2D eigenvalue weighted by molar-refractivity contribution is 14.2. The molecule has 0 saturated heterocycles. The van der Waals surface area contributed by atoms with Crippen molar-refractivity contribution in [1.82, 2.24) is 20.7 Å². The van der Waals surface area contributed by atoms with Gasteiger partial charge < -0.3 is 25.2 Å². The second-order valence-electron chi connectivity index (χ2n) is 12.8. The molecule has 3 aliphatic rings. The number of unbranched alkanes of at least 4 members (excludes halogenated alkanes) is 1. The quantitative estimate of drug-likeness (QED) is 0.0642. The smallest absolute Gasteiger partial charge is 0.313 e. The zero-order valence-electron chi connectivity index (χ0n) is 28.4. The summed E-state index contributed by atoms with van der Waals surface area (Å²) < 4.78 is 32.1. The number of halogens is 4. The summed E-state index contributed by atoms with van der Waals surface area (Å²) in [6.07, 6.45) is 8.37. The fourth-order valence-electron chi connectivity index (χ4n) is 6.80. The van der Waals surface area contributed by atoms with Crippen molar-refractivity contribution >= 4 is 75.7 Å². The molecule has 4 N–H and O–H groups in total. The van der Waals surface area contributed by atoms with Gasteiger partial charge in [-0.05, 0) is 91.1 Å². The zero-order chi connectivity index (χ0) is 35.9. The minimum absolute atomic E-state index is 0.314. The maximum atomic E-state index is 14.0. The van der Waals surface area contributed by atoms with Crippen molar-refractivity contribution in [2.75, 3.05) is 38.0 Å². The van der Waals surface area contributed by atoms with Gasteiger partial charge in [-0.25, -0.2) is 0 Å². The number of carbonyl (C=O) groups excluding carboxylic acids is 2. The molecule has 10 nitrogen and oxygen atoms in total. The number of aliphatic imine (C=N–C) groups is 1. The number of alkyl halides is 3. The first kappa shape index (κ1) is 38.6. The van der Waals surface area contributed by atoms with Crippen LogP contribution in [0.2, 0.25) is 0 Å². The average Bonchev–Trinajstić information content (AvgIpc) is 3.63. The topological polar surface area (TPSA) is 132 Å². The molecule has 270 valence electrons. The molecule has 1 aromatic carbocycles. The van der Waals surface area contributed by atoms with E-state index in [0.717, 1.165) is 90.2 Å². The van der Waals surface area contributed by atoms with Crippen molar-refractivity contribution in [3.05, 3.63) is 75.2 Å². The van der Waals surface area contributed by atoms with E-state index in [1.165, 1.54) is 0 Å². The second-order valence-corrected chi connectivity index (χ2v) is 16.8. The van der Waals surface area contributed by atoms with Crippen LogP contribution in [0, 0.1) is 12.8 Å². The molecular weight excluding hydrogens is 872 g/mol. The third kappa shape index (κ3) is 9.21. The van der Waals surface area contributed by atoms with Gasteiger partial charge in [-0.1, -0.05) is 82.6 Å². The predicted octanol–water partition coefficient (Wildman–Crippen LogP) is 6.23. The number of carbonyl (C=O) groups is 2. The second kappa shape index (κ2) is 17.2. The largest absolute Gasteiger partial charge is 0.373 e. The van der Waals surface area contributed by atoms with Crippen LogP contribution in [0.15, 0.2) is 67.9 Å². The Kier molecular flexibility index (Phi) is 13.3. The monoisotopic (exact) mass is 916 g/mol. The van der Waals surface area contributed by atoms with Gasteiger partial charge in [0.2, 0.25) is 5.91 Å². The highest BCUT2D eigenvalue weighted by Gasteiger charge is 2.50. The number of allylic oxidation sites excluding steroid dienone is 3. The summed E-state index contributed by atoms with van der Waals surface area (Å²) in [6.45, 7) is 8.21. The lowest BCUT2D eigenvalue weighted by atomic mass is 9.71. The normalized spacial score (nSPS) is 20.5. The van der Waals surface area contributed by atoms with Crippen LogP contribution in [-0.4, -0.2) is 79.1 Å². The summed E-state index contributed by atoms with van der Waals surface area (Å²) in [5.74, 6) is 0.507. The number of rotatable bonds is 17. The van der Waals surface area contributed by atoms with Gasteiger partial charge in [0.05, 0.1) is 15.5 Å². The summed E-state index contributed by atoms with van der Waals surface area (Å²) in [7, 11) is 0. The number of aryl methyl sites for hydroxylation is 1.